The van der Waals surface area contributed by atoms with Crippen molar-refractivity contribution in [2.75, 3.05) is 150 Å². The van der Waals surface area contributed by atoms with E-state index in [4.69, 9.17) is 118 Å². The van der Waals surface area contributed by atoms with Gasteiger partial charge in [0.25, 0.3) is 6.01 Å². The highest BCUT2D eigenvalue weighted by Gasteiger charge is 2.26. The van der Waals surface area contributed by atoms with Crippen LogP contribution in [-0.2, 0) is 9.47 Å². The van der Waals surface area contributed by atoms with Gasteiger partial charge in [-0.1, -0.05) is 64.6 Å². The number of β-amino-alcohol motifs (C(OH)–C–C–N with tert-alkyl or cyclic N) is 1. The summed E-state index contributed by atoms with van der Waals surface area (Å²) >= 11 is 25.5. The summed E-state index contributed by atoms with van der Waals surface area (Å²) in [6.07, 6.45) is 4.80. The maximum Gasteiger partial charge on any atom is 0.295 e. The number of oxazole rings is 1. The van der Waals surface area contributed by atoms with Crippen molar-refractivity contribution >= 4 is 113 Å². The van der Waals surface area contributed by atoms with E-state index >= 15 is 0 Å². The number of hydrogen-bond donors (Lipinski definition) is 3. The molecule has 3 fully saturated rings. The SMILES string of the molecule is CC(C)Nc1nc(-c2cc(OC(C)C)c3ccc(OCCN4CCOCC4)c(Cl)c3n2)co1.CC(C)Oc1cc(OCCN(C)C)nc2c(Cl)cccc12.CC(C)Oc1cc(OCCN2CC(O)C2)nc2c(Cl)cccc12.CC(C)Oc1cc(OCCN2CCC2)nc2c(Cl)cccc12.COCCOc1ccc2c(OC(C)C)cc(-n3ccc(NC(C)C)n3)nc2c1. The minimum atomic E-state index is -0.196. The third kappa shape index (κ3) is 29.3. The van der Waals surface area contributed by atoms with Gasteiger partial charge >= 0.3 is 0 Å². The Morgan fingerprint density at radius 2 is 0.937 bits per heavy atom. The number of para-hydroxylation sites is 3. The number of hydrogen-bond acceptors (Lipinski definition) is 27. The normalized spacial score (nSPS) is 13.7. The Labute approximate surface area is 764 Å². The van der Waals surface area contributed by atoms with Gasteiger partial charge in [0.1, 0.15) is 96.1 Å². The number of rotatable bonds is 36. The van der Waals surface area contributed by atoms with Crippen molar-refractivity contribution in [3.8, 4) is 75.1 Å². The number of anilines is 2. The van der Waals surface area contributed by atoms with Crippen LogP contribution in [0.2, 0.25) is 20.1 Å². The first kappa shape index (κ1) is 97.7. The van der Waals surface area contributed by atoms with E-state index in [2.05, 4.69) is 69.1 Å². The molecule has 684 valence electrons. The molecule has 5 aromatic carbocycles. The maximum atomic E-state index is 9.28. The number of nitrogens with zero attached hydrogens (tertiary/aromatic N) is 12. The lowest BCUT2D eigenvalue weighted by atomic mass is 10.1. The number of aliphatic hydroxyl groups excluding tert-OH is 1. The van der Waals surface area contributed by atoms with Crippen molar-refractivity contribution in [3.63, 3.8) is 0 Å². The number of aromatic nitrogens is 8. The molecule has 15 rings (SSSR count). The molecule has 0 aliphatic carbocycles. The molecule has 0 amide bonds. The van der Waals surface area contributed by atoms with E-state index in [0.29, 0.717) is 148 Å². The molecule has 0 saturated carbocycles. The quantitative estimate of drug-likeness (QED) is 0.0308. The first-order valence-electron chi connectivity index (χ1n) is 43.4. The molecule has 12 aromatic rings. The zero-order chi connectivity index (χ0) is 90.8. The second-order valence-corrected chi connectivity index (χ2v) is 34.5. The summed E-state index contributed by atoms with van der Waals surface area (Å²) in [5.74, 6) is 8.13. The van der Waals surface area contributed by atoms with Gasteiger partial charge in [0, 0.05) is 147 Å². The lowest BCUT2D eigenvalue weighted by Gasteiger charge is -2.35. The molecular weight excluding hydrogens is 1700 g/mol. The number of halogens is 4. The van der Waals surface area contributed by atoms with Gasteiger partial charge in [-0.15, -0.1) is 5.10 Å². The highest BCUT2D eigenvalue weighted by Crippen LogP contribution is 2.41. The molecule has 3 aliphatic rings. The van der Waals surface area contributed by atoms with Crippen LogP contribution in [0.1, 0.15) is 103 Å². The Hall–Kier alpha value is -9.95. The largest absolute Gasteiger partial charge is 0.491 e. The van der Waals surface area contributed by atoms with Crippen LogP contribution >= 0.6 is 46.4 Å². The molecule has 0 spiro atoms. The fraction of sp³-hybridized carbons (Fsp3) is 0.463. The van der Waals surface area contributed by atoms with Crippen LogP contribution in [0, 0.1) is 0 Å². The molecule has 7 aromatic heterocycles. The van der Waals surface area contributed by atoms with Crippen LogP contribution in [-0.4, -0.2) is 253 Å². The molecule has 3 aliphatic heterocycles. The van der Waals surface area contributed by atoms with Gasteiger partial charge in [0.2, 0.25) is 17.6 Å². The van der Waals surface area contributed by atoms with E-state index in [9.17, 15) is 5.11 Å². The molecule has 10 heterocycles. The average Bonchev–Trinajstić information content (AvgIpc) is 1.76. The van der Waals surface area contributed by atoms with Crippen molar-refractivity contribution in [1.82, 2.24) is 59.3 Å². The van der Waals surface area contributed by atoms with Gasteiger partial charge in [0.05, 0.1) is 105 Å². The van der Waals surface area contributed by atoms with E-state index in [0.717, 1.165) is 125 Å². The maximum absolute atomic E-state index is 9.28. The zero-order valence-corrected chi connectivity index (χ0v) is 78.9. The van der Waals surface area contributed by atoms with Crippen molar-refractivity contribution in [3.05, 3.63) is 154 Å². The van der Waals surface area contributed by atoms with Gasteiger partial charge < -0.3 is 81.9 Å². The summed E-state index contributed by atoms with van der Waals surface area (Å²) < 4.78 is 76.5. The first-order valence-corrected chi connectivity index (χ1v) is 45.0. The van der Waals surface area contributed by atoms with E-state index in [1.54, 1.807) is 24.1 Å². The predicted molar refractivity (Wildman–Crippen MR) is 506 cm³/mol. The van der Waals surface area contributed by atoms with Gasteiger partial charge in [-0.05, 0) is 191 Å². The van der Waals surface area contributed by atoms with Gasteiger partial charge in [-0.25, -0.2) is 29.6 Å². The van der Waals surface area contributed by atoms with Crippen molar-refractivity contribution in [2.24, 2.45) is 0 Å². The number of likely N-dealkylation sites (tertiary alicyclic amines) is 2. The monoisotopic (exact) mass is 1820 g/mol. The van der Waals surface area contributed by atoms with Crippen LogP contribution in [0.25, 0.3) is 71.7 Å². The predicted octanol–water partition coefficient (Wildman–Crippen LogP) is 19.0. The summed E-state index contributed by atoms with van der Waals surface area (Å²) in [7, 11) is 5.66. The number of benzene rings is 5. The first-order chi connectivity index (χ1) is 61.0. The third-order valence-corrected chi connectivity index (χ3v) is 20.6. The van der Waals surface area contributed by atoms with Crippen molar-refractivity contribution < 1.29 is 66.4 Å². The highest BCUT2D eigenvalue weighted by molar-refractivity contribution is 6.37. The second kappa shape index (κ2) is 47.9. The second-order valence-electron chi connectivity index (χ2n) is 32.9. The molecule has 0 bridgehead atoms. The standard InChI is InChI=1S/C24H31ClN4O4.C21H28N4O3.C17H21ClN2O3.C17H21ClN2O2.C16H21ClN2O2/c1-15(2)26-24-28-19(14-32-24)18-13-21(33-16(3)4)17-5-6-20(22(25)23(17)27-18)31-12-9-29-7-10-30-11-8-29;1-14(2)22-20-8-9-25(24-20)21-13-19(28-15(3)4)17-7-6-16(12-18(17)23-21)27-11-10-26-5;1-11(2)23-15-8-16(22-7-6-20-9-12(21)10-20)19-17-13(15)4-3-5-14(17)18;1-12(2)22-15-11-16(21-10-9-20-7-4-8-20)19-17-13(15)5-3-6-14(17)18;1-11(2)21-14-10-15(20-9-8-19(3)4)18-16-12(14)6-5-7-13(16)17/h5-6,13-16H,7-12H2,1-4H3,(H,26,28);6-9,12-15H,10-11H2,1-5H3,(H,22,24);3-5,8,11-12,21H,6-7,9-10H2,1-2H3;3,5-6,11-12H,4,7-10H2,1-2H3;5-7,10-11H,8-9H2,1-4H3. The van der Waals surface area contributed by atoms with Crippen LogP contribution in [0.3, 0.4) is 0 Å². The summed E-state index contributed by atoms with van der Waals surface area (Å²) in [5, 5.41) is 27.0. The molecule has 127 heavy (non-hydrogen) atoms. The van der Waals surface area contributed by atoms with Gasteiger partial charge in [0.15, 0.2) is 5.82 Å². The number of morpholine rings is 1. The van der Waals surface area contributed by atoms with Gasteiger partial charge in [-0.3, -0.25) is 14.7 Å². The average molecular weight is 1830 g/mol. The molecule has 28 nitrogen and oxygen atoms in total. The molecule has 0 radical (unpaired) electrons. The minimum Gasteiger partial charge on any atom is -0.491 e. The Bertz CT molecular complexity index is 5490. The Balaban J connectivity index is 0.000000156. The summed E-state index contributed by atoms with van der Waals surface area (Å²) in [6, 6.07) is 38.8. The van der Waals surface area contributed by atoms with Crippen LogP contribution in [0.4, 0.5) is 11.8 Å². The summed E-state index contributed by atoms with van der Waals surface area (Å²) in [4.78, 5) is 36.5. The molecule has 0 atom stereocenters. The van der Waals surface area contributed by atoms with Crippen molar-refractivity contribution in [2.45, 2.75) is 152 Å². The van der Waals surface area contributed by atoms with E-state index < -0.39 is 0 Å². The zero-order valence-electron chi connectivity index (χ0n) is 75.9. The van der Waals surface area contributed by atoms with E-state index in [-0.39, 0.29) is 42.7 Å². The molecule has 3 saturated heterocycles. The fourth-order valence-electron chi connectivity index (χ4n) is 13.4. The molecule has 32 heteroatoms. The summed E-state index contributed by atoms with van der Waals surface area (Å²) in [6.45, 7) is 41.8. The highest BCUT2D eigenvalue weighted by atomic mass is 35.5. The van der Waals surface area contributed by atoms with Crippen LogP contribution < -0.4 is 58.0 Å². The number of nitrogens with one attached hydrogen (secondary N) is 2. The lowest BCUT2D eigenvalue weighted by molar-refractivity contribution is -0.00412. The number of methoxy groups -OCH3 is 1. The number of pyridine rings is 5. The fourth-order valence-corrected chi connectivity index (χ4v) is 14.3. The summed E-state index contributed by atoms with van der Waals surface area (Å²) in [5.41, 5.74) is 4.72. The Morgan fingerprint density at radius 1 is 0.457 bits per heavy atom. The minimum absolute atomic E-state index is 0.0119. The van der Waals surface area contributed by atoms with E-state index in [1.165, 1.54) is 19.5 Å². The number of aliphatic hydroxyl groups is 1. The van der Waals surface area contributed by atoms with Crippen LogP contribution in [0.15, 0.2) is 138 Å². The molecular formula is C95H122Cl4N14O14. The topological polar surface area (TPSA) is 276 Å². The number of ether oxygens (including phenoxy) is 12. The molecule has 3 N–H and O–H groups in total. The van der Waals surface area contributed by atoms with Gasteiger partial charge in [-0.2, -0.15) is 4.98 Å². The molecule has 0 unspecified atom stereocenters. The van der Waals surface area contributed by atoms with Crippen LogP contribution in [0.5, 0.6) is 57.9 Å². The number of fused-ring (bicyclic) bond motifs is 5. The third-order valence-electron chi connectivity index (χ3n) is 19.3. The lowest BCUT2D eigenvalue weighted by Crippen LogP contribution is -2.51. The Morgan fingerprint density at radius 3 is 1.43 bits per heavy atom. The van der Waals surface area contributed by atoms with E-state index in [1.807, 2.05) is 219 Å². The Kier molecular flexibility index (Phi) is 36.8. The number of likely N-dealkylation sites (N-methyl/N-ethyl adjacent to an activating group) is 1. The smallest absolute Gasteiger partial charge is 0.295 e. The van der Waals surface area contributed by atoms with Crippen molar-refractivity contribution in [1.29, 1.82) is 0 Å².